The highest BCUT2D eigenvalue weighted by molar-refractivity contribution is 6.29. The molecule has 17 heavy (non-hydrogen) atoms. The van der Waals surface area contributed by atoms with Crippen LogP contribution in [0.15, 0.2) is 29.6 Å². The number of carbonyl (C=O) groups excluding carboxylic acids is 1. The predicted molar refractivity (Wildman–Crippen MR) is 59.9 cm³/mol. The van der Waals surface area contributed by atoms with Gasteiger partial charge in [-0.15, -0.1) is 0 Å². The lowest BCUT2D eigenvalue weighted by atomic mass is 10.4. The molecule has 2 rings (SSSR count). The fourth-order valence-electron chi connectivity index (χ4n) is 1.05. The molecule has 2 aromatic heterocycles. The van der Waals surface area contributed by atoms with Gasteiger partial charge in [0.25, 0.3) is 11.5 Å². The summed E-state index contributed by atoms with van der Waals surface area (Å²) in [6, 6.07) is 0. The number of hydrogen-bond acceptors (Lipinski definition) is 5. The van der Waals surface area contributed by atoms with Gasteiger partial charge >= 0.3 is 0 Å². The normalized spacial score (nSPS) is 9.94. The lowest BCUT2D eigenvalue weighted by Crippen LogP contribution is -2.17. The minimum absolute atomic E-state index is 0.0615. The van der Waals surface area contributed by atoms with Crippen LogP contribution in [-0.4, -0.2) is 25.8 Å². The maximum Gasteiger partial charge on any atom is 0.276 e. The molecule has 0 saturated carbocycles. The minimum atomic E-state index is -0.516. The van der Waals surface area contributed by atoms with Gasteiger partial charge in [-0.05, 0) is 0 Å². The molecule has 0 radical (unpaired) electrons. The van der Waals surface area contributed by atoms with Crippen LogP contribution in [0.25, 0.3) is 0 Å². The summed E-state index contributed by atoms with van der Waals surface area (Å²) in [7, 11) is 0. The van der Waals surface area contributed by atoms with E-state index in [1.165, 1.54) is 18.6 Å². The van der Waals surface area contributed by atoms with Gasteiger partial charge in [-0.3, -0.25) is 14.6 Å². The first-order valence-electron chi connectivity index (χ1n) is 4.49. The van der Waals surface area contributed by atoms with Gasteiger partial charge in [-0.2, -0.15) is 0 Å². The maximum atomic E-state index is 11.6. The molecule has 0 saturated heterocycles. The predicted octanol–water partition coefficient (Wildman–Crippen LogP) is 0.466. The number of hydrogen-bond donors (Lipinski definition) is 2. The van der Waals surface area contributed by atoms with Crippen molar-refractivity contribution in [3.63, 3.8) is 0 Å². The summed E-state index contributed by atoms with van der Waals surface area (Å²) in [6.45, 7) is 0. The SMILES string of the molecule is O=C(Nc1cncc(Cl)n1)c1c[nH]c(=O)cn1. The van der Waals surface area contributed by atoms with Crippen LogP contribution in [0, 0.1) is 0 Å². The van der Waals surface area contributed by atoms with Crippen molar-refractivity contribution < 1.29 is 4.79 Å². The minimum Gasteiger partial charge on any atom is -0.325 e. The third-order valence-electron chi connectivity index (χ3n) is 1.75. The average molecular weight is 252 g/mol. The van der Waals surface area contributed by atoms with Crippen molar-refractivity contribution in [1.82, 2.24) is 19.9 Å². The van der Waals surface area contributed by atoms with Crippen LogP contribution in [-0.2, 0) is 0 Å². The molecule has 86 valence electrons. The van der Waals surface area contributed by atoms with Gasteiger partial charge in [-0.1, -0.05) is 11.6 Å². The highest BCUT2D eigenvalue weighted by Crippen LogP contribution is 2.07. The molecule has 0 bridgehead atoms. The highest BCUT2D eigenvalue weighted by atomic mass is 35.5. The van der Waals surface area contributed by atoms with E-state index in [-0.39, 0.29) is 22.2 Å². The summed E-state index contributed by atoms with van der Waals surface area (Å²) in [4.78, 5) is 36.0. The molecule has 0 atom stereocenters. The third-order valence-corrected chi connectivity index (χ3v) is 1.93. The standard InChI is InChI=1S/C9H6ClN5O2/c10-6-2-11-3-7(14-6)15-9(17)5-1-13-8(16)4-12-5/h1-4H,(H,13,16)(H,14,15,17). The Labute approximate surface area is 99.9 Å². The van der Waals surface area contributed by atoms with Gasteiger partial charge in [0.05, 0.1) is 18.6 Å². The van der Waals surface area contributed by atoms with E-state index in [2.05, 4.69) is 25.3 Å². The number of amides is 1. The van der Waals surface area contributed by atoms with Crippen molar-refractivity contribution in [3.8, 4) is 0 Å². The van der Waals surface area contributed by atoms with E-state index in [0.29, 0.717) is 0 Å². The first-order chi connectivity index (χ1) is 8.15. The first kappa shape index (κ1) is 11.2. The molecule has 2 N–H and O–H groups in total. The molecule has 0 aliphatic carbocycles. The first-order valence-corrected chi connectivity index (χ1v) is 4.86. The Morgan fingerprint density at radius 1 is 1.35 bits per heavy atom. The zero-order valence-corrected chi connectivity index (χ0v) is 9.10. The Morgan fingerprint density at radius 2 is 2.18 bits per heavy atom. The van der Waals surface area contributed by atoms with Crippen LogP contribution in [0.3, 0.4) is 0 Å². The molecule has 0 aromatic carbocycles. The monoisotopic (exact) mass is 251 g/mol. The number of halogens is 1. The van der Waals surface area contributed by atoms with Crippen LogP contribution in [0.1, 0.15) is 10.5 Å². The molecule has 0 spiro atoms. The summed E-state index contributed by atoms with van der Waals surface area (Å²) in [5, 5.41) is 2.60. The Hall–Kier alpha value is -2.28. The van der Waals surface area contributed by atoms with Gasteiger partial charge in [-0.25, -0.2) is 9.97 Å². The number of rotatable bonds is 2. The van der Waals surface area contributed by atoms with Gasteiger partial charge in [0.15, 0.2) is 5.82 Å². The molecule has 2 heterocycles. The van der Waals surface area contributed by atoms with Crippen LogP contribution >= 0.6 is 11.6 Å². The zero-order chi connectivity index (χ0) is 12.3. The lowest BCUT2D eigenvalue weighted by Gasteiger charge is -2.02. The fraction of sp³-hybridized carbons (Fsp3) is 0. The quantitative estimate of drug-likeness (QED) is 0.808. The van der Waals surface area contributed by atoms with Crippen LogP contribution < -0.4 is 10.9 Å². The molecular formula is C9H6ClN5O2. The largest absolute Gasteiger partial charge is 0.325 e. The second-order valence-electron chi connectivity index (χ2n) is 2.98. The van der Waals surface area contributed by atoms with E-state index in [1.54, 1.807) is 0 Å². The van der Waals surface area contributed by atoms with Crippen LogP contribution in [0.4, 0.5) is 5.82 Å². The maximum absolute atomic E-state index is 11.6. The fourth-order valence-corrected chi connectivity index (χ4v) is 1.20. The third kappa shape index (κ3) is 2.85. The Balaban J connectivity index is 2.17. The number of anilines is 1. The molecular weight excluding hydrogens is 246 g/mol. The Kier molecular flexibility index (Phi) is 3.10. The van der Waals surface area contributed by atoms with Crippen LogP contribution in [0.5, 0.6) is 0 Å². The van der Waals surface area contributed by atoms with Gasteiger partial charge < -0.3 is 10.3 Å². The number of carbonyl (C=O) groups is 1. The summed E-state index contributed by atoms with van der Waals surface area (Å²) in [5.41, 5.74) is -0.324. The topological polar surface area (TPSA) is 101 Å². The van der Waals surface area contributed by atoms with E-state index in [1.807, 2.05) is 0 Å². The van der Waals surface area contributed by atoms with Crippen molar-refractivity contribution in [2.24, 2.45) is 0 Å². The van der Waals surface area contributed by atoms with Gasteiger partial charge in [0, 0.05) is 6.20 Å². The number of aromatic amines is 1. The summed E-state index contributed by atoms with van der Waals surface area (Å²) in [5.74, 6) is -0.312. The van der Waals surface area contributed by atoms with Crippen molar-refractivity contribution >= 4 is 23.3 Å². The van der Waals surface area contributed by atoms with E-state index >= 15 is 0 Å². The van der Waals surface area contributed by atoms with Crippen molar-refractivity contribution in [2.45, 2.75) is 0 Å². The molecule has 0 aliphatic heterocycles. The van der Waals surface area contributed by atoms with Crippen molar-refractivity contribution in [3.05, 3.63) is 46.0 Å². The Morgan fingerprint density at radius 3 is 2.82 bits per heavy atom. The molecule has 1 amide bonds. The molecule has 0 aliphatic rings. The van der Waals surface area contributed by atoms with Gasteiger partial charge in [0.2, 0.25) is 0 Å². The Bertz CT molecular complexity index is 592. The molecule has 8 heteroatoms. The summed E-state index contributed by atoms with van der Waals surface area (Å²) in [6.07, 6.45) is 4.90. The average Bonchev–Trinajstić information content (AvgIpc) is 2.29. The second-order valence-corrected chi connectivity index (χ2v) is 3.36. The highest BCUT2D eigenvalue weighted by Gasteiger charge is 2.08. The van der Waals surface area contributed by atoms with Gasteiger partial charge in [0.1, 0.15) is 10.8 Å². The number of H-pyrrole nitrogens is 1. The molecule has 7 nitrogen and oxygen atoms in total. The summed E-state index contributed by atoms with van der Waals surface area (Å²) < 4.78 is 0. The number of aromatic nitrogens is 4. The number of nitrogens with one attached hydrogen (secondary N) is 2. The van der Waals surface area contributed by atoms with Crippen molar-refractivity contribution in [1.29, 1.82) is 0 Å². The zero-order valence-electron chi connectivity index (χ0n) is 8.35. The van der Waals surface area contributed by atoms with E-state index in [0.717, 1.165) is 6.20 Å². The smallest absolute Gasteiger partial charge is 0.276 e. The van der Waals surface area contributed by atoms with Crippen molar-refractivity contribution in [2.75, 3.05) is 5.32 Å². The van der Waals surface area contributed by atoms with E-state index in [4.69, 9.17) is 11.6 Å². The lowest BCUT2D eigenvalue weighted by molar-refractivity contribution is 0.102. The van der Waals surface area contributed by atoms with Crippen LogP contribution in [0.2, 0.25) is 5.15 Å². The molecule has 2 aromatic rings. The molecule has 0 fully saturated rings. The van der Waals surface area contributed by atoms with E-state index in [9.17, 15) is 9.59 Å². The summed E-state index contributed by atoms with van der Waals surface area (Å²) >= 11 is 5.61. The number of nitrogens with zero attached hydrogens (tertiary/aromatic N) is 3. The van der Waals surface area contributed by atoms with E-state index < -0.39 is 5.91 Å². The molecule has 0 unspecified atom stereocenters. The second kappa shape index (κ2) is 4.71.